The summed E-state index contributed by atoms with van der Waals surface area (Å²) in [5.74, 6) is 3.12. The molecule has 0 aliphatic heterocycles. The number of anilines is 2. The Hall–Kier alpha value is -2.80. The number of carbonyl (C=O) groups is 1. The maximum Gasteiger partial charge on any atom is 0.257 e. The van der Waals surface area contributed by atoms with E-state index in [1.165, 1.54) is 0 Å². The molecule has 100 valence electrons. The molecular weight excluding hydrogens is 250 g/mol. The number of hydrogen-bond acceptors (Lipinski definition) is 3. The van der Waals surface area contributed by atoms with Crippen molar-refractivity contribution in [2.75, 3.05) is 24.3 Å². The monoisotopic (exact) mass is 265 g/mol. The highest BCUT2D eigenvalue weighted by molar-refractivity contribution is 6.04. The van der Waals surface area contributed by atoms with Gasteiger partial charge in [-0.25, -0.2) is 4.98 Å². The van der Waals surface area contributed by atoms with Gasteiger partial charge in [-0.3, -0.25) is 4.79 Å². The second-order valence-corrected chi connectivity index (χ2v) is 4.48. The molecule has 0 saturated carbocycles. The molecule has 4 heteroatoms. The molecule has 2 rings (SSSR count). The molecule has 0 aliphatic rings. The van der Waals surface area contributed by atoms with E-state index in [2.05, 4.69) is 16.2 Å². The Labute approximate surface area is 118 Å². The number of hydrogen-bond donors (Lipinski definition) is 1. The number of nitrogens with one attached hydrogen (secondary N) is 1. The number of rotatable bonds is 3. The fourth-order valence-corrected chi connectivity index (χ4v) is 1.67. The van der Waals surface area contributed by atoms with E-state index in [1.807, 2.05) is 25.1 Å². The van der Waals surface area contributed by atoms with Crippen LogP contribution in [0.3, 0.4) is 0 Å². The Bertz CT molecular complexity index is 654. The minimum atomic E-state index is -0.211. The van der Waals surface area contributed by atoms with Crippen LogP contribution in [0.4, 0.5) is 11.5 Å². The number of aromatic nitrogens is 1. The Balaban J connectivity index is 2.13. The Morgan fingerprint density at radius 2 is 2.10 bits per heavy atom. The Morgan fingerprint density at radius 1 is 1.30 bits per heavy atom. The quantitative estimate of drug-likeness (QED) is 0.867. The first kappa shape index (κ1) is 13.6. The molecular formula is C16H15N3O. The summed E-state index contributed by atoms with van der Waals surface area (Å²) in [5, 5.41) is 2.79. The molecule has 0 saturated heterocycles. The van der Waals surface area contributed by atoms with E-state index in [9.17, 15) is 4.79 Å². The third-order valence-electron chi connectivity index (χ3n) is 2.76. The average molecular weight is 265 g/mol. The van der Waals surface area contributed by atoms with Crippen molar-refractivity contribution in [1.82, 2.24) is 4.98 Å². The van der Waals surface area contributed by atoms with Gasteiger partial charge in [0.05, 0.1) is 5.56 Å². The fourth-order valence-electron chi connectivity index (χ4n) is 1.67. The molecule has 0 atom stereocenters. The van der Waals surface area contributed by atoms with Crippen molar-refractivity contribution in [1.29, 1.82) is 0 Å². The number of carbonyl (C=O) groups excluding carboxylic acids is 1. The Morgan fingerprint density at radius 3 is 2.70 bits per heavy atom. The zero-order valence-electron chi connectivity index (χ0n) is 11.4. The maximum absolute atomic E-state index is 12.1. The summed E-state index contributed by atoms with van der Waals surface area (Å²) >= 11 is 0. The van der Waals surface area contributed by atoms with E-state index in [-0.39, 0.29) is 5.91 Å². The van der Waals surface area contributed by atoms with Gasteiger partial charge in [0.25, 0.3) is 5.91 Å². The van der Waals surface area contributed by atoms with Gasteiger partial charge in [0, 0.05) is 31.5 Å². The molecule has 0 unspecified atom stereocenters. The first-order valence-corrected chi connectivity index (χ1v) is 6.11. The van der Waals surface area contributed by atoms with Crippen LogP contribution >= 0.6 is 0 Å². The minimum Gasteiger partial charge on any atom is -0.363 e. The number of nitrogens with zero attached hydrogens (tertiary/aromatic N) is 2. The van der Waals surface area contributed by atoms with Gasteiger partial charge in [-0.1, -0.05) is 12.0 Å². The summed E-state index contributed by atoms with van der Waals surface area (Å²) in [6.07, 6.45) is 6.88. The largest absolute Gasteiger partial charge is 0.363 e. The van der Waals surface area contributed by atoms with Crippen LogP contribution in [0.5, 0.6) is 0 Å². The molecule has 2 aromatic rings. The molecule has 0 aliphatic carbocycles. The summed E-state index contributed by atoms with van der Waals surface area (Å²) in [5.41, 5.74) is 1.90. The maximum atomic E-state index is 12.1. The number of pyridine rings is 1. The third kappa shape index (κ3) is 3.15. The second kappa shape index (κ2) is 5.89. The van der Waals surface area contributed by atoms with Gasteiger partial charge in [0.15, 0.2) is 0 Å². The molecule has 4 nitrogen and oxygen atoms in total. The second-order valence-electron chi connectivity index (χ2n) is 4.48. The van der Waals surface area contributed by atoms with Gasteiger partial charge >= 0.3 is 0 Å². The smallest absolute Gasteiger partial charge is 0.257 e. The molecule has 1 N–H and O–H groups in total. The highest BCUT2D eigenvalue weighted by Crippen LogP contribution is 2.13. The van der Waals surface area contributed by atoms with Crippen molar-refractivity contribution < 1.29 is 4.79 Å². The first-order valence-electron chi connectivity index (χ1n) is 6.11. The lowest BCUT2D eigenvalue weighted by Crippen LogP contribution is -2.14. The zero-order valence-corrected chi connectivity index (χ0v) is 11.4. The summed E-state index contributed by atoms with van der Waals surface area (Å²) < 4.78 is 0. The first-order chi connectivity index (χ1) is 9.60. The zero-order chi connectivity index (χ0) is 14.5. The van der Waals surface area contributed by atoms with Crippen molar-refractivity contribution in [3.05, 3.63) is 53.7 Å². The van der Waals surface area contributed by atoms with Gasteiger partial charge in [-0.05, 0) is 30.3 Å². The van der Waals surface area contributed by atoms with E-state index in [1.54, 1.807) is 36.5 Å². The van der Waals surface area contributed by atoms with E-state index >= 15 is 0 Å². The summed E-state index contributed by atoms with van der Waals surface area (Å²) in [6.45, 7) is 0. The summed E-state index contributed by atoms with van der Waals surface area (Å²) in [6, 6.07) is 10.7. The van der Waals surface area contributed by atoms with Gasteiger partial charge in [0.1, 0.15) is 5.82 Å². The molecule has 1 heterocycles. The lowest BCUT2D eigenvalue weighted by atomic mass is 10.2. The number of terminal acetylenes is 1. The molecule has 0 fully saturated rings. The van der Waals surface area contributed by atoms with Crippen molar-refractivity contribution in [2.45, 2.75) is 0 Å². The van der Waals surface area contributed by atoms with Gasteiger partial charge in [0.2, 0.25) is 0 Å². The van der Waals surface area contributed by atoms with Crippen LogP contribution in [0.15, 0.2) is 42.6 Å². The average Bonchev–Trinajstić information content (AvgIpc) is 2.47. The summed E-state index contributed by atoms with van der Waals surface area (Å²) in [4.78, 5) is 18.2. The topological polar surface area (TPSA) is 45.2 Å². The van der Waals surface area contributed by atoms with Gasteiger partial charge < -0.3 is 10.2 Å². The van der Waals surface area contributed by atoms with Crippen LogP contribution in [0.2, 0.25) is 0 Å². The molecule has 1 aromatic heterocycles. The predicted molar refractivity (Wildman–Crippen MR) is 80.9 cm³/mol. The van der Waals surface area contributed by atoms with Crippen molar-refractivity contribution in [3.8, 4) is 12.3 Å². The van der Waals surface area contributed by atoms with Crippen LogP contribution in [0.1, 0.15) is 15.9 Å². The van der Waals surface area contributed by atoms with Crippen LogP contribution in [-0.2, 0) is 0 Å². The lowest BCUT2D eigenvalue weighted by molar-refractivity contribution is 0.102. The summed E-state index contributed by atoms with van der Waals surface area (Å²) in [7, 11) is 3.79. The van der Waals surface area contributed by atoms with E-state index in [4.69, 9.17) is 6.42 Å². The standard InChI is InChI=1S/C16H15N3O/c1-4-12-6-5-7-14(10-12)18-16(20)13-8-9-15(17-11-13)19(2)3/h1,5-11H,2-3H3,(H,18,20). The molecule has 0 bridgehead atoms. The molecule has 1 aromatic carbocycles. The van der Waals surface area contributed by atoms with Crippen molar-refractivity contribution in [3.63, 3.8) is 0 Å². The number of benzene rings is 1. The van der Waals surface area contributed by atoms with E-state index in [0.29, 0.717) is 11.3 Å². The van der Waals surface area contributed by atoms with E-state index in [0.717, 1.165) is 11.4 Å². The minimum absolute atomic E-state index is 0.211. The van der Waals surface area contributed by atoms with Crippen molar-refractivity contribution in [2.24, 2.45) is 0 Å². The van der Waals surface area contributed by atoms with Gasteiger partial charge in [-0.2, -0.15) is 0 Å². The SMILES string of the molecule is C#Cc1cccc(NC(=O)c2ccc(N(C)C)nc2)c1. The van der Waals surface area contributed by atoms with Gasteiger partial charge in [-0.15, -0.1) is 6.42 Å². The van der Waals surface area contributed by atoms with E-state index < -0.39 is 0 Å². The lowest BCUT2D eigenvalue weighted by Gasteiger charge is -2.11. The predicted octanol–water partition coefficient (Wildman–Crippen LogP) is 2.38. The Kier molecular flexibility index (Phi) is 4.02. The highest BCUT2D eigenvalue weighted by Gasteiger charge is 2.07. The third-order valence-corrected chi connectivity index (χ3v) is 2.76. The molecule has 20 heavy (non-hydrogen) atoms. The van der Waals surface area contributed by atoms with Crippen molar-refractivity contribution >= 4 is 17.4 Å². The van der Waals surface area contributed by atoms with Crippen LogP contribution in [0.25, 0.3) is 0 Å². The normalized spacial score (nSPS) is 9.65. The molecule has 0 spiro atoms. The van der Waals surface area contributed by atoms with Crippen LogP contribution < -0.4 is 10.2 Å². The molecule has 1 amide bonds. The number of amides is 1. The fraction of sp³-hybridized carbons (Fsp3) is 0.125. The van der Waals surface area contributed by atoms with Crippen LogP contribution in [0, 0.1) is 12.3 Å². The molecule has 0 radical (unpaired) electrons. The van der Waals surface area contributed by atoms with Crippen LogP contribution in [-0.4, -0.2) is 25.0 Å². The highest BCUT2D eigenvalue weighted by atomic mass is 16.1.